The van der Waals surface area contributed by atoms with E-state index >= 15 is 4.79 Å². The van der Waals surface area contributed by atoms with E-state index in [2.05, 4.69) is 210 Å². The summed E-state index contributed by atoms with van der Waals surface area (Å²) >= 11 is 0. The lowest BCUT2D eigenvalue weighted by Crippen LogP contribution is -2.39. The maximum Gasteiger partial charge on any atom is 0.193 e. The van der Waals surface area contributed by atoms with Gasteiger partial charge in [-0.25, -0.2) is 0 Å². The first-order chi connectivity index (χ1) is 32.6. The third kappa shape index (κ3) is 5.45. The maximum absolute atomic E-state index is 15.4. The van der Waals surface area contributed by atoms with Gasteiger partial charge in [-0.3, -0.25) is 9.59 Å². The fraction of sp³-hybridized carbons (Fsp3) is 0.138. The third-order valence-electron chi connectivity index (χ3n) is 16.1. The Kier molecular flexibility index (Phi) is 8.38. The van der Waals surface area contributed by atoms with Crippen LogP contribution in [0.2, 0.25) is 0 Å². The molecule has 4 aliphatic carbocycles. The van der Waals surface area contributed by atoms with Crippen LogP contribution in [0.4, 0.5) is 0 Å². The fourth-order valence-electron chi connectivity index (χ4n) is 12.9. The van der Waals surface area contributed by atoms with Gasteiger partial charge in [0.2, 0.25) is 0 Å². The second-order valence-corrected chi connectivity index (χ2v) is 20.2. The zero-order chi connectivity index (χ0) is 45.4. The summed E-state index contributed by atoms with van der Waals surface area (Å²) < 4.78 is 0. The summed E-state index contributed by atoms with van der Waals surface area (Å²) in [6, 6.07) is 71.2. The summed E-state index contributed by atoms with van der Waals surface area (Å²) in [6.07, 6.45) is 0.595. The average molecular weight is 861 g/mol. The van der Waals surface area contributed by atoms with Crippen LogP contribution in [-0.2, 0) is 22.7 Å². The summed E-state index contributed by atoms with van der Waals surface area (Å²) in [5.74, 6) is -0.0708. The highest BCUT2D eigenvalue weighted by Gasteiger charge is 2.49. The molecule has 1 atom stereocenters. The Labute approximate surface area is 392 Å². The molecule has 2 heteroatoms. The predicted molar refractivity (Wildman–Crippen MR) is 270 cm³/mol. The van der Waals surface area contributed by atoms with E-state index in [1.54, 1.807) is 0 Å². The highest BCUT2D eigenvalue weighted by molar-refractivity contribution is 6.11. The molecule has 0 spiro atoms. The summed E-state index contributed by atoms with van der Waals surface area (Å²) in [5.41, 5.74) is 22.0. The Morgan fingerprint density at radius 3 is 1.39 bits per heavy atom. The molecule has 13 rings (SSSR count). The molecule has 0 saturated carbocycles. The maximum atomic E-state index is 15.4. The number of carbonyl (C=O) groups excluding carboxylic acids is 2. The van der Waals surface area contributed by atoms with Crippen LogP contribution in [0.25, 0.3) is 22.3 Å². The smallest absolute Gasteiger partial charge is 0.193 e. The number of ketones is 2. The van der Waals surface area contributed by atoms with E-state index in [1.807, 2.05) is 18.2 Å². The Morgan fingerprint density at radius 2 is 0.806 bits per heavy atom. The molecule has 0 radical (unpaired) electrons. The normalized spacial score (nSPS) is 16.6. The molecule has 1 unspecified atom stereocenters. The molecule has 4 aliphatic rings. The molecule has 320 valence electrons. The highest BCUT2D eigenvalue weighted by atomic mass is 16.1. The first-order valence-electron chi connectivity index (χ1n) is 23.7. The predicted octanol–water partition coefficient (Wildman–Crippen LogP) is 14.5. The average Bonchev–Trinajstić information content (AvgIpc) is 3.74. The van der Waals surface area contributed by atoms with E-state index in [0.717, 1.165) is 27.8 Å². The van der Waals surface area contributed by atoms with Crippen molar-refractivity contribution in [1.82, 2.24) is 0 Å². The van der Waals surface area contributed by atoms with Crippen LogP contribution < -0.4 is 0 Å². The molecule has 0 heterocycles. The van der Waals surface area contributed by atoms with Gasteiger partial charge in [-0.1, -0.05) is 198 Å². The fourth-order valence-corrected chi connectivity index (χ4v) is 12.9. The number of hydrogen-bond donors (Lipinski definition) is 0. The van der Waals surface area contributed by atoms with Gasteiger partial charge in [0.05, 0.1) is 5.41 Å². The number of benzene rings is 9. The Balaban J connectivity index is 1.00. The van der Waals surface area contributed by atoms with Gasteiger partial charge < -0.3 is 0 Å². The van der Waals surface area contributed by atoms with Crippen molar-refractivity contribution in [2.24, 2.45) is 0 Å². The van der Waals surface area contributed by atoms with E-state index in [1.165, 1.54) is 66.8 Å². The SMILES string of the molecule is CC1(C)c2ccccc2-c2ccc(C(=O)c3ccc4c(c3)Cc3cc(C(=O)c5ccc6c(c5)C(C)(C)c5ccccc5-6)cc5c3C4c3ccccc3C5(c3ccccc3)c3ccccc3)cc21. The molecule has 0 N–H and O–H groups in total. The molecule has 0 bridgehead atoms. The number of hydrogen-bond acceptors (Lipinski definition) is 2. The van der Waals surface area contributed by atoms with Crippen molar-refractivity contribution in [1.29, 1.82) is 0 Å². The van der Waals surface area contributed by atoms with Gasteiger partial charge in [0.1, 0.15) is 0 Å². The van der Waals surface area contributed by atoms with Crippen molar-refractivity contribution in [3.8, 4) is 22.3 Å². The standard InChI is InChI=1S/C65H48O2/c1-63(2)53-24-14-11-21-48(53)50-31-28-40(36-56(50)63)61(66)39-27-30-47-42(33-39)34-43-35-44(62(67)41-29-32-51-49-22-12-15-25-54(49)64(3,4)57(51)37-41)38-58-59(43)60(47)52-23-13-16-26-55(52)65(58,45-17-7-5-8-18-45)46-19-9-6-10-20-46/h5-33,35-38,60H,34H2,1-4H3. The Hall–Kier alpha value is -7.68. The first kappa shape index (κ1) is 39.7. The monoisotopic (exact) mass is 860 g/mol. The molecule has 0 aromatic heterocycles. The zero-order valence-electron chi connectivity index (χ0n) is 38.2. The highest BCUT2D eigenvalue weighted by Crippen LogP contribution is 2.59. The molecule has 9 aromatic rings. The quantitative estimate of drug-likeness (QED) is 0.156. The van der Waals surface area contributed by atoms with Crippen molar-refractivity contribution in [3.05, 3.63) is 295 Å². The van der Waals surface area contributed by atoms with Gasteiger partial charge in [-0.05, 0) is 131 Å². The molecule has 0 fully saturated rings. The van der Waals surface area contributed by atoms with Crippen molar-refractivity contribution in [3.63, 3.8) is 0 Å². The molecular formula is C65H48O2. The van der Waals surface area contributed by atoms with Crippen LogP contribution in [0, 0.1) is 0 Å². The van der Waals surface area contributed by atoms with E-state index in [-0.39, 0.29) is 28.3 Å². The third-order valence-corrected chi connectivity index (χ3v) is 16.1. The second kappa shape index (κ2) is 14.2. The minimum atomic E-state index is -0.716. The molecular weight excluding hydrogens is 813 g/mol. The van der Waals surface area contributed by atoms with Crippen LogP contribution in [0.1, 0.15) is 138 Å². The van der Waals surface area contributed by atoms with Crippen molar-refractivity contribution in [2.45, 2.75) is 56.3 Å². The topological polar surface area (TPSA) is 34.1 Å². The summed E-state index contributed by atoms with van der Waals surface area (Å²) in [5, 5.41) is 0. The Morgan fingerprint density at radius 1 is 0.373 bits per heavy atom. The summed E-state index contributed by atoms with van der Waals surface area (Å²) in [6.45, 7) is 9.04. The largest absolute Gasteiger partial charge is 0.289 e. The minimum Gasteiger partial charge on any atom is -0.289 e. The number of fused-ring (bicyclic) bond motifs is 10. The van der Waals surface area contributed by atoms with Gasteiger partial charge in [-0.15, -0.1) is 0 Å². The summed E-state index contributed by atoms with van der Waals surface area (Å²) in [7, 11) is 0. The zero-order valence-corrected chi connectivity index (χ0v) is 38.2. The van der Waals surface area contributed by atoms with Gasteiger partial charge >= 0.3 is 0 Å². The van der Waals surface area contributed by atoms with Crippen molar-refractivity contribution < 1.29 is 9.59 Å². The lowest BCUT2D eigenvalue weighted by Gasteiger charge is -2.47. The molecule has 0 saturated heterocycles. The van der Waals surface area contributed by atoms with Gasteiger partial charge in [0.15, 0.2) is 11.6 Å². The van der Waals surface area contributed by atoms with Crippen LogP contribution in [-0.4, -0.2) is 11.6 Å². The molecule has 0 amide bonds. The number of carbonyl (C=O) groups is 2. The van der Waals surface area contributed by atoms with Crippen molar-refractivity contribution in [2.75, 3.05) is 0 Å². The molecule has 2 nitrogen and oxygen atoms in total. The van der Waals surface area contributed by atoms with E-state index in [9.17, 15) is 4.79 Å². The second-order valence-electron chi connectivity index (χ2n) is 20.2. The van der Waals surface area contributed by atoms with E-state index in [4.69, 9.17) is 0 Å². The van der Waals surface area contributed by atoms with Gasteiger partial charge in [0, 0.05) is 39.0 Å². The number of rotatable bonds is 6. The van der Waals surface area contributed by atoms with E-state index in [0.29, 0.717) is 28.7 Å². The molecule has 9 aromatic carbocycles. The molecule has 0 aliphatic heterocycles. The van der Waals surface area contributed by atoms with Crippen LogP contribution in [0.5, 0.6) is 0 Å². The lowest BCUT2D eigenvalue weighted by molar-refractivity contribution is 0.103. The van der Waals surface area contributed by atoms with Crippen LogP contribution in [0.3, 0.4) is 0 Å². The van der Waals surface area contributed by atoms with Gasteiger partial charge in [0.25, 0.3) is 0 Å². The van der Waals surface area contributed by atoms with Crippen LogP contribution >= 0.6 is 0 Å². The molecule has 67 heavy (non-hydrogen) atoms. The summed E-state index contributed by atoms with van der Waals surface area (Å²) in [4.78, 5) is 30.1. The first-order valence-corrected chi connectivity index (χ1v) is 23.7. The van der Waals surface area contributed by atoms with Crippen LogP contribution in [0.15, 0.2) is 200 Å². The van der Waals surface area contributed by atoms with E-state index < -0.39 is 5.41 Å². The van der Waals surface area contributed by atoms with Crippen molar-refractivity contribution >= 4 is 11.6 Å². The minimum absolute atomic E-state index is 0.00967. The van der Waals surface area contributed by atoms with Gasteiger partial charge in [-0.2, -0.15) is 0 Å². The lowest BCUT2D eigenvalue weighted by atomic mass is 9.54. The Bertz CT molecular complexity index is 3550.